The molecule has 0 aliphatic carbocycles. The van der Waals surface area contributed by atoms with Gasteiger partial charge < -0.3 is 0 Å². The van der Waals surface area contributed by atoms with Crippen LogP contribution in [0.1, 0.15) is 10.4 Å². The van der Waals surface area contributed by atoms with E-state index in [9.17, 15) is 0 Å². The van der Waals surface area contributed by atoms with E-state index in [4.69, 9.17) is 28.5 Å². The number of allylic oxidation sites excluding steroid dienone is 1. The number of thiophene rings is 1. The molecule has 0 unspecified atom stereocenters. The molecule has 0 fully saturated rings. The van der Waals surface area contributed by atoms with Gasteiger partial charge in [0, 0.05) is 4.88 Å². The minimum atomic E-state index is 0.490. The second-order valence-corrected chi connectivity index (χ2v) is 5.08. The first-order chi connectivity index (χ1) is 8.20. The zero-order valence-corrected chi connectivity index (χ0v) is 11.0. The zero-order valence-electron chi connectivity index (χ0n) is 8.65. The van der Waals surface area contributed by atoms with Crippen molar-refractivity contribution >= 4 is 46.2 Å². The van der Waals surface area contributed by atoms with Crippen molar-refractivity contribution in [2.75, 3.05) is 0 Å². The first-order valence-corrected chi connectivity index (χ1v) is 6.45. The van der Waals surface area contributed by atoms with Crippen LogP contribution in [0.15, 0.2) is 35.7 Å². The number of rotatable bonds is 2. The molecule has 17 heavy (non-hydrogen) atoms. The summed E-state index contributed by atoms with van der Waals surface area (Å²) in [4.78, 5) is 0.943. The molecule has 1 aromatic carbocycles. The third kappa shape index (κ3) is 2.89. The van der Waals surface area contributed by atoms with Gasteiger partial charge in [-0.15, -0.1) is 11.3 Å². The number of nitriles is 1. The van der Waals surface area contributed by atoms with Crippen molar-refractivity contribution in [3.05, 3.63) is 56.2 Å². The molecule has 0 aliphatic heterocycles. The van der Waals surface area contributed by atoms with E-state index >= 15 is 0 Å². The highest BCUT2D eigenvalue weighted by Crippen LogP contribution is 2.26. The Morgan fingerprint density at radius 1 is 1.24 bits per heavy atom. The highest BCUT2D eigenvalue weighted by atomic mass is 35.5. The minimum absolute atomic E-state index is 0.490. The summed E-state index contributed by atoms with van der Waals surface area (Å²) in [7, 11) is 0. The summed E-state index contributed by atoms with van der Waals surface area (Å²) in [5.74, 6) is 0. The molecule has 2 rings (SSSR count). The molecule has 0 saturated carbocycles. The lowest BCUT2D eigenvalue weighted by molar-refractivity contribution is 1.54. The van der Waals surface area contributed by atoms with E-state index in [2.05, 4.69) is 6.07 Å². The number of benzene rings is 1. The topological polar surface area (TPSA) is 23.8 Å². The Labute approximate surface area is 114 Å². The molecule has 0 aliphatic rings. The van der Waals surface area contributed by atoms with Gasteiger partial charge in [-0.1, -0.05) is 35.3 Å². The van der Waals surface area contributed by atoms with Gasteiger partial charge in [-0.2, -0.15) is 5.26 Å². The van der Waals surface area contributed by atoms with Crippen molar-refractivity contribution in [1.29, 1.82) is 5.26 Å². The Morgan fingerprint density at radius 2 is 2.06 bits per heavy atom. The van der Waals surface area contributed by atoms with Gasteiger partial charge in [-0.25, -0.2) is 0 Å². The third-order valence-corrected chi connectivity index (χ3v) is 3.80. The first kappa shape index (κ1) is 12.2. The highest BCUT2D eigenvalue weighted by Gasteiger charge is 2.03. The lowest BCUT2D eigenvalue weighted by Crippen LogP contribution is -1.78. The molecular formula is C13H7Cl2NS. The Kier molecular flexibility index (Phi) is 3.86. The number of halogens is 2. The molecule has 2 aromatic rings. The average molecular weight is 280 g/mol. The molecule has 0 atom stereocenters. The predicted octanol–water partition coefficient (Wildman–Crippen LogP) is 5.12. The van der Waals surface area contributed by atoms with E-state index < -0.39 is 0 Å². The van der Waals surface area contributed by atoms with Crippen LogP contribution in [0.3, 0.4) is 0 Å². The van der Waals surface area contributed by atoms with Gasteiger partial charge in [0.25, 0.3) is 0 Å². The molecule has 0 bridgehead atoms. The van der Waals surface area contributed by atoms with E-state index in [0.29, 0.717) is 15.6 Å². The van der Waals surface area contributed by atoms with Gasteiger partial charge in [0.15, 0.2) is 0 Å². The SMILES string of the molecule is N#C/C(=C/c1ccc(Cl)c(Cl)c1)c1cccs1. The molecule has 1 aromatic heterocycles. The Bertz CT molecular complexity index is 594. The van der Waals surface area contributed by atoms with Crippen LogP contribution in [0, 0.1) is 11.3 Å². The van der Waals surface area contributed by atoms with Crippen molar-refractivity contribution in [3.8, 4) is 6.07 Å². The first-order valence-electron chi connectivity index (χ1n) is 4.81. The smallest absolute Gasteiger partial charge is 0.101 e. The van der Waals surface area contributed by atoms with Gasteiger partial charge in [-0.05, 0) is 35.2 Å². The summed E-state index contributed by atoms with van der Waals surface area (Å²) in [5.41, 5.74) is 1.49. The fraction of sp³-hybridized carbons (Fsp3) is 0. The molecule has 4 heteroatoms. The summed E-state index contributed by atoms with van der Waals surface area (Å²) in [6.45, 7) is 0. The maximum Gasteiger partial charge on any atom is 0.101 e. The van der Waals surface area contributed by atoms with Gasteiger partial charge in [0.2, 0.25) is 0 Å². The van der Waals surface area contributed by atoms with E-state index in [-0.39, 0.29) is 0 Å². The average Bonchev–Trinajstić information content (AvgIpc) is 2.84. The highest BCUT2D eigenvalue weighted by molar-refractivity contribution is 7.11. The fourth-order valence-electron chi connectivity index (χ4n) is 1.36. The van der Waals surface area contributed by atoms with Crippen LogP contribution in [0.25, 0.3) is 11.6 Å². The zero-order chi connectivity index (χ0) is 12.3. The quantitative estimate of drug-likeness (QED) is 0.700. The van der Waals surface area contributed by atoms with Crippen molar-refractivity contribution in [3.63, 3.8) is 0 Å². The molecule has 0 saturated heterocycles. The second kappa shape index (κ2) is 5.37. The normalized spacial score (nSPS) is 11.2. The molecule has 0 N–H and O–H groups in total. The van der Waals surface area contributed by atoms with Crippen LogP contribution in [0.5, 0.6) is 0 Å². The van der Waals surface area contributed by atoms with Crippen LogP contribution in [-0.2, 0) is 0 Å². The predicted molar refractivity (Wildman–Crippen MR) is 74.3 cm³/mol. The summed E-state index contributed by atoms with van der Waals surface area (Å²) >= 11 is 13.3. The fourth-order valence-corrected chi connectivity index (χ4v) is 2.36. The number of hydrogen-bond donors (Lipinski definition) is 0. The minimum Gasteiger partial charge on any atom is -0.192 e. The second-order valence-electron chi connectivity index (χ2n) is 3.32. The maximum absolute atomic E-state index is 9.11. The monoisotopic (exact) mass is 279 g/mol. The van der Waals surface area contributed by atoms with Crippen LogP contribution in [0.4, 0.5) is 0 Å². The molecule has 1 nitrogen and oxygen atoms in total. The van der Waals surface area contributed by atoms with Crippen LogP contribution < -0.4 is 0 Å². The molecule has 0 amide bonds. The lowest BCUT2D eigenvalue weighted by atomic mass is 10.1. The maximum atomic E-state index is 9.11. The van der Waals surface area contributed by atoms with E-state index in [1.807, 2.05) is 23.6 Å². The van der Waals surface area contributed by atoms with Crippen molar-refractivity contribution in [1.82, 2.24) is 0 Å². The largest absolute Gasteiger partial charge is 0.192 e. The Morgan fingerprint density at radius 3 is 2.65 bits per heavy atom. The molecular weight excluding hydrogens is 273 g/mol. The van der Waals surface area contributed by atoms with E-state index in [1.165, 1.54) is 11.3 Å². The lowest BCUT2D eigenvalue weighted by Gasteiger charge is -1.99. The summed E-state index contributed by atoms with van der Waals surface area (Å²) in [6, 6.07) is 11.3. The van der Waals surface area contributed by atoms with Crippen molar-refractivity contribution < 1.29 is 0 Å². The van der Waals surface area contributed by atoms with Gasteiger partial charge in [0.05, 0.1) is 15.6 Å². The van der Waals surface area contributed by atoms with Gasteiger partial charge in [-0.3, -0.25) is 0 Å². The summed E-state index contributed by atoms with van der Waals surface area (Å²) < 4.78 is 0. The number of hydrogen-bond acceptors (Lipinski definition) is 2. The standard InChI is InChI=1S/C13H7Cl2NS/c14-11-4-3-9(7-12(11)15)6-10(8-16)13-2-1-5-17-13/h1-7H/b10-6-. The van der Waals surface area contributed by atoms with Gasteiger partial charge >= 0.3 is 0 Å². The van der Waals surface area contributed by atoms with E-state index in [1.54, 1.807) is 18.2 Å². The third-order valence-electron chi connectivity index (χ3n) is 2.16. The molecule has 1 heterocycles. The summed E-state index contributed by atoms with van der Waals surface area (Å²) in [5, 5.41) is 12.1. The molecule has 0 radical (unpaired) electrons. The van der Waals surface area contributed by atoms with E-state index in [0.717, 1.165) is 10.4 Å². The number of nitrogens with zero attached hydrogens (tertiary/aromatic N) is 1. The summed E-state index contributed by atoms with van der Waals surface area (Å²) in [6.07, 6.45) is 1.80. The van der Waals surface area contributed by atoms with Crippen LogP contribution >= 0.6 is 34.5 Å². The van der Waals surface area contributed by atoms with Gasteiger partial charge in [0.1, 0.15) is 6.07 Å². The molecule has 0 spiro atoms. The van der Waals surface area contributed by atoms with Crippen LogP contribution in [-0.4, -0.2) is 0 Å². The Balaban J connectivity index is 2.41. The van der Waals surface area contributed by atoms with Crippen LogP contribution in [0.2, 0.25) is 10.0 Å². The van der Waals surface area contributed by atoms with Crippen molar-refractivity contribution in [2.24, 2.45) is 0 Å². The Hall–Kier alpha value is -1.27. The molecule has 84 valence electrons. The van der Waals surface area contributed by atoms with Crippen molar-refractivity contribution in [2.45, 2.75) is 0 Å².